The van der Waals surface area contributed by atoms with Crippen LogP contribution in [0.25, 0.3) is 0 Å². The van der Waals surface area contributed by atoms with Gasteiger partial charge in [0.1, 0.15) is 0 Å². The molecule has 8 nitrogen and oxygen atoms in total. The molecule has 0 aliphatic rings. The molecule has 0 spiro atoms. The molecule has 0 heterocycles. The summed E-state index contributed by atoms with van der Waals surface area (Å²) in [6, 6.07) is 10.0. The highest BCUT2D eigenvalue weighted by Gasteiger charge is 2.38. The molecule has 1 rings (SSSR count). The summed E-state index contributed by atoms with van der Waals surface area (Å²) in [6.45, 7) is 0. The van der Waals surface area contributed by atoms with E-state index in [1.165, 1.54) is 0 Å². The van der Waals surface area contributed by atoms with Crippen LogP contribution in [0.4, 0.5) is 0 Å². The van der Waals surface area contributed by atoms with Gasteiger partial charge in [-0.25, -0.2) is 5.43 Å². The van der Waals surface area contributed by atoms with Crippen LogP contribution in [0.2, 0.25) is 0 Å². The van der Waals surface area contributed by atoms with Crippen molar-refractivity contribution in [1.82, 2.24) is 10.7 Å². The summed E-state index contributed by atoms with van der Waals surface area (Å²) in [5, 5.41) is 13.4. The Balaban J connectivity index is 2.95. The summed E-state index contributed by atoms with van der Waals surface area (Å²) in [6.07, 6.45) is 0.383. The lowest BCUT2D eigenvalue weighted by atomic mass is 10.0. The average Bonchev–Trinajstić information content (AvgIpc) is 2.48. The molecule has 21 heavy (non-hydrogen) atoms. The highest BCUT2D eigenvalue weighted by Crippen LogP contribution is 2.13. The van der Waals surface area contributed by atoms with Gasteiger partial charge in [-0.05, 0) is 18.6 Å². The summed E-state index contributed by atoms with van der Waals surface area (Å²) in [4.78, 5) is 34.2. The van der Waals surface area contributed by atoms with Crippen molar-refractivity contribution in [1.29, 1.82) is 5.26 Å². The highest BCUT2D eigenvalue weighted by molar-refractivity contribution is 5.98. The Hall–Kier alpha value is -2.95. The molecule has 0 radical (unpaired) electrons. The minimum Gasteiger partial charge on any atom is -0.366 e. The number of nitroso groups, excluding NO2 is 1. The van der Waals surface area contributed by atoms with Crippen LogP contribution in [0.5, 0.6) is 0 Å². The molecule has 2 amide bonds. The van der Waals surface area contributed by atoms with E-state index in [0.29, 0.717) is 5.56 Å². The number of carbonyl (C=O) groups is 2. The summed E-state index contributed by atoms with van der Waals surface area (Å²) >= 11 is 0. The van der Waals surface area contributed by atoms with Crippen molar-refractivity contribution in [3.63, 3.8) is 0 Å². The van der Waals surface area contributed by atoms with E-state index in [9.17, 15) is 14.5 Å². The van der Waals surface area contributed by atoms with Gasteiger partial charge in [0.15, 0.2) is 0 Å². The fraction of sp³-hybridized carbons (Fsp3) is 0.308. The van der Waals surface area contributed by atoms with Gasteiger partial charge in [0.05, 0.1) is 11.4 Å². The van der Waals surface area contributed by atoms with E-state index in [1.54, 1.807) is 30.3 Å². The van der Waals surface area contributed by atoms with Crippen molar-refractivity contribution < 1.29 is 9.59 Å². The Kier molecular flexibility index (Phi) is 5.82. The number of nitriles is 1. The predicted octanol–water partition coefficient (Wildman–Crippen LogP) is 0.563. The lowest BCUT2D eigenvalue weighted by Gasteiger charge is -2.29. The van der Waals surface area contributed by atoms with E-state index in [1.807, 2.05) is 11.5 Å². The number of nitrogens with two attached hydrogens (primary N) is 1. The number of carbonyl (C=O) groups excluding carboxylic acids is 2. The maximum atomic E-state index is 12.1. The first-order chi connectivity index (χ1) is 10.1. The molecule has 0 aromatic heterocycles. The number of benzene rings is 1. The maximum absolute atomic E-state index is 12.1. The second-order valence-electron chi connectivity index (χ2n) is 4.30. The zero-order valence-electron chi connectivity index (χ0n) is 11.2. The third kappa shape index (κ3) is 4.28. The van der Waals surface area contributed by atoms with Gasteiger partial charge in [0.2, 0.25) is 5.66 Å². The van der Waals surface area contributed by atoms with Crippen LogP contribution in [0.3, 0.4) is 0 Å². The smallest absolute Gasteiger partial charge is 0.265 e. The number of nitrogens with zero attached hydrogens (tertiary/aromatic N) is 2. The second kappa shape index (κ2) is 7.59. The van der Waals surface area contributed by atoms with E-state index < -0.39 is 17.5 Å². The van der Waals surface area contributed by atoms with Crippen LogP contribution in [0.1, 0.15) is 29.6 Å². The van der Waals surface area contributed by atoms with Crippen molar-refractivity contribution in [3.8, 4) is 6.07 Å². The Bertz CT molecular complexity index is 555. The zero-order chi connectivity index (χ0) is 15.7. The third-order valence-electron chi connectivity index (χ3n) is 2.86. The molecule has 8 heteroatoms. The van der Waals surface area contributed by atoms with Crippen LogP contribution in [-0.4, -0.2) is 17.5 Å². The number of amides is 2. The molecule has 4 N–H and O–H groups in total. The fourth-order valence-corrected chi connectivity index (χ4v) is 1.75. The molecule has 1 atom stereocenters. The van der Waals surface area contributed by atoms with Crippen molar-refractivity contribution in [3.05, 3.63) is 40.8 Å². The van der Waals surface area contributed by atoms with Crippen LogP contribution in [0.15, 0.2) is 35.6 Å². The standard InChI is InChI=1S/C13H15N5O3/c14-9-5-4-8-13(12(15)20,17-18-21)16-11(19)10-6-2-1-3-7-10/h1-3,6-7H,4-5,8H2,(H2,15,20)(H,16,19)(H,17,21). The molecule has 0 saturated heterocycles. The molecule has 0 fully saturated rings. The molecule has 1 aromatic carbocycles. The normalized spacial score (nSPS) is 12.5. The van der Waals surface area contributed by atoms with Crippen LogP contribution < -0.4 is 16.5 Å². The second-order valence-corrected chi connectivity index (χ2v) is 4.30. The largest absolute Gasteiger partial charge is 0.366 e. The Morgan fingerprint density at radius 1 is 1.33 bits per heavy atom. The fourth-order valence-electron chi connectivity index (χ4n) is 1.75. The van der Waals surface area contributed by atoms with Crippen molar-refractivity contribution >= 4 is 11.8 Å². The minimum atomic E-state index is -1.81. The van der Waals surface area contributed by atoms with Gasteiger partial charge in [0.25, 0.3) is 11.8 Å². The van der Waals surface area contributed by atoms with Gasteiger partial charge >= 0.3 is 0 Å². The molecule has 1 unspecified atom stereocenters. The van der Waals surface area contributed by atoms with Gasteiger partial charge in [-0.15, -0.1) is 4.91 Å². The van der Waals surface area contributed by atoms with E-state index in [0.717, 1.165) is 0 Å². The predicted molar refractivity (Wildman–Crippen MR) is 74.2 cm³/mol. The summed E-state index contributed by atoms with van der Waals surface area (Å²) in [5.41, 5.74) is 5.77. The topological polar surface area (TPSA) is 137 Å². The van der Waals surface area contributed by atoms with Crippen LogP contribution in [-0.2, 0) is 4.79 Å². The number of primary amides is 1. The van der Waals surface area contributed by atoms with Crippen LogP contribution in [0, 0.1) is 16.2 Å². The SMILES string of the molecule is N#CCCCC(NN=O)(NC(=O)c1ccccc1)C(N)=O. The summed E-state index contributed by atoms with van der Waals surface area (Å²) < 4.78 is 0. The quantitative estimate of drug-likeness (QED) is 0.278. The third-order valence-corrected chi connectivity index (χ3v) is 2.86. The number of hydrogen-bond acceptors (Lipinski definition) is 5. The Morgan fingerprint density at radius 2 is 2.00 bits per heavy atom. The highest BCUT2D eigenvalue weighted by atomic mass is 16.3. The molecule has 1 aromatic rings. The zero-order valence-corrected chi connectivity index (χ0v) is 11.2. The molecular formula is C13H15N5O3. The lowest BCUT2D eigenvalue weighted by Crippen LogP contribution is -2.65. The van der Waals surface area contributed by atoms with Gasteiger partial charge in [0, 0.05) is 18.4 Å². The average molecular weight is 289 g/mol. The Labute approximate surface area is 121 Å². The lowest BCUT2D eigenvalue weighted by molar-refractivity contribution is -0.125. The maximum Gasteiger partial charge on any atom is 0.265 e. The van der Waals surface area contributed by atoms with Gasteiger partial charge < -0.3 is 11.1 Å². The minimum absolute atomic E-state index is 0.0276. The number of hydrogen-bond donors (Lipinski definition) is 3. The van der Waals surface area contributed by atoms with E-state index >= 15 is 0 Å². The summed E-state index contributed by atoms with van der Waals surface area (Å²) in [7, 11) is 0. The number of unbranched alkanes of at least 4 members (excludes halogenated alkanes) is 1. The molecule has 110 valence electrons. The van der Waals surface area contributed by atoms with Gasteiger partial charge in [-0.2, -0.15) is 5.26 Å². The van der Waals surface area contributed by atoms with Gasteiger partial charge in [-0.3, -0.25) is 9.59 Å². The first kappa shape index (κ1) is 16.1. The van der Waals surface area contributed by atoms with Crippen molar-refractivity contribution in [2.45, 2.75) is 24.9 Å². The van der Waals surface area contributed by atoms with Crippen LogP contribution >= 0.6 is 0 Å². The monoisotopic (exact) mass is 289 g/mol. The molecule has 0 saturated carbocycles. The molecule has 0 aliphatic heterocycles. The van der Waals surface area contributed by atoms with Crippen molar-refractivity contribution in [2.75, 3.05) is 0 Å². The summed E-state index contributed by atoms with van der Waals surface area (Å²) in [5.74, 6) is -1.54. The van der Waals surface area contributed by atoms with E-state index in [4.69, 9.17) is 11.0 Å². The molecule has 0 aliphatic carbocycles. The Morgan fingerprint density at radius 3 is 2.52 bits per heavy atom. The van der Waals surface area contributed by atoms with E-state index in [2.05, 4.69) is 10.6 Å². The first-order valence-corrected chi connectivity index (χ1v) is 6.19. The molecular weight excluding hydrogens is 274 g/mol. The van der Waals surface area contributed by atoms with E-state index in [-0.39, 0.29) is 19.3 Å². The number of rotatable bonds is 8. The first-order valence-electron chi connectivity index (χ1n) is 6.19. The molecule has 0 bridgehead atoms. The van der Waals surface area contributed by atoms with Gasteiger partial charge in [-0.1, -0.05) is 18.2 Å². The number of nitrogens with one attached hydrogen (secondary N) is 2. The van der Waals surface area contributed by atoms with Crippen molar-refractivity contribution in [2.24, 2.45) is 11.0 Å².